The minimum atomic E-state index is 0.382. The second-order valence-corrected chi connectivity index (χ2v) is 9.58. The van der Waals surface area contributed by atoms with Crippen molar-refractivity contribution in [3.8, 4) is 0 Å². The van der Waals surface area contributed by atoms with Crippen LogP contribution in [0, 0.1) is 0 Å². The molecule has 2 fully saturated rings. The Bertz CT molecular complexity index is 1110. The zero-order valence-corrected chi connectivity index (χ0v) is 19.2. The number of rotatable bonds is 4. The third-order valence-corrected chi connectivity index (χ3v) is 7.57. The highest BCUT2D eigenvalue weighted by atomic mass is 16.5. The highest BCUT2D eigenvalue weighted by Crippen LogP contribution is 2.31. The number of anilines is 2. The van der Waals surface area contributed by atoms with E-state index in [4.69, 9.17) is 14.7 Å². The van der Waals surface area contributed by atoms with Crippen LogP contribution in [0.15, 0.2) is 48.5 Å². The fraction of sp³-hybridized carbons (Fsp3) is 0.481. The van der Waals surface area contributed by atoms with Gasteiger partial charge in [-0.2, -0.15) is 4.98 Å². The van der Waals surface area contributed by atoms with E-state index in [1.807, 2.05) is 0 Å². The molecule has 0 spiro atoms. The Morgan fingerprint density at radius 2 is 1.64 bits per heavy atom. The first-order valence-electron chi connectivity index (χ1n) is 12.5. The Morgan fingerprint density at radius 3 is 2.55 bits per heavy atom. The van der Waals surface area contributed by atoms with E-state index in [9.17, 15) is 0 Å². The first-order chi connectivity index (χ1) is 16.3. The minimum absolute atomic E-state index is 0.382. The number of hydrogen-bond donors (Lipinski definition) is 1. The van der Waals surface area contributed by atoms with Gasteiger partial charge in [-0.05, 0) is 42.5 Å². The molecule has 2 aliphatic heterocycles. The molecule has 6 rings (SSSR count). The molecule has 3 aliphatic rings. The predicted molar refractivity (Wildman–Crippen MR) is 133 cm³/mol. The number of benzene rings is 2. The van der Waals surface area contributed by atoms with Crippen LogP contribution in [0.25, 0.3) is 10.9 Å². The first-order valence-corrected chi connectivity index (χ1v) is 12.5. The van der Waals surface area contributed by atoms with Gasteiger partial charge in [0.2, 0.25) is 5.95 Å². The molecule has 0 unspecified atom stereocenters. The lowest BCUT2D eigenvalue weighted by Gasteiger charge is -2.42. The highest BCUT2D eigenvalue weighted by molar-refractivity contribution is 5.90. The summed E-state index contributed by atoms with van der Waals surface area (Å²) >= 11 is 0. The molecule has 1 aromatic heterocycles. The summed E-state index contributed by atoms with van der Waals surface area (Å²) in [7, 11) is 0. The number of nitrogens with one attached hydrogen (secondary N) is 1. The van der Waals surface area contributed by atoms with E-state index in [0.29, 0.717) is 12.1 Å². The van der Waals surface area contributed by atoms with Gasteiger partial charge in [0.1, 0.15) is 5.82 Å². The van der Waals surface area contributed by atoms with Crippen molar-refractivity contribution in [2.45, 2.75) is 50.7 Å². The average molecular weight is 444 g/mol. The summed E-state index contributed by atoms with van der Waals surface area (Å²) in [6.45, 7) is 5.63. The van der Waals surface area contributed by atoms with Crippen LogP contribution in [-0.4, -0.2) is 59.8 Å². The molecule has 0 bridgehead atoms. The van der Waals surface area contributed by atoms with Crippen LogP contribution < -0.4 is 10.2 Å². The topological polar surface area (TPSA) is 53.5 Å². The van der Waals surface area contributed by atoms with Crippen molar-refractivity contribution in [2.24, 2.45) is 0 Å². The SMILES string of the molecule is c1ccc2c(c1)CCN(c1nc(N[C@H]3CCCC[C@H]3N3CCOCC3)nc3ccccc13)C2. The van der Waals surface area contributed by atoms with Gasteiger partial charge >= 0.3 is 0 Å². The Balaban J connectivity index is 1.31. The van der Waals surface area contributed by atoms with E-state index >= 15 is 0 Å². The van der Waals surface area contributed by atoms with Crippen molar-refractivity contribution in [1.29, 1.82) is 0 Å². The van der Waals surface area contributed by atoms with E-state index < -0.39 is 0 Å². The molecule has 1 aliphatic carbocycles. The van der Waals surface area contributed by atoms with E-state index in [1.54, 1.807) is 0 Å². The van der Waals surface area contributed by atoms with Crippen molar-refractivity contribution in [3.05, 3.63) is 59.7 Å². The van der Waals surface area contributed by atoms with Crippen LogP contribution in [-0.2, 0) is 17.7 Å². The molecular weight excluding hydrogens is 410 g/mol. The number of morpholine rings is 1. The maximum Gasteiger partial charge on any atom is 0.225 e. The van der Waals surface area contributed by atoms with Gasteiger partial charge in [-0.25, -0.2) is 4.98 Å². The van der Waals surface area contributed by atoms with Crippen LogP contribution in [0.4, 0.5) is 11.8 Å². The molecule has 6 nitrogen and oxygen atoms in total. The highest BCUT2D eigenvalue weighted by Gasteiger charge is 2.32. The molecule has 2 aromatic carbocycles. The fourth-order valence-electron chi connectivity index (χ4n) is 5.83. The maximum absolute atomic E-state index is 5.61. The molecule has 3 aromatic rings. The third-order valence-electron chi connectivity index (χ3n) is 7.57. The number of hydrogen-bond acceptors (Lipinski definition) is 6. The number of para-hydroxylation sites is 1. The lowest BCUT2D eigenvalue weighted by Crippen LogP contribution is -2.52. The Labute approximate surface area is 196 Å². The van der Waals surface area contributed by atoms with E-state index in [2.05, 4.69) is 63.6 Å². The van der Waals surface area contributed by atoms with Crippen LogP contribution in [0.5, 0.6) is 0 Å². The summed E-state index contributed by atoms with van der Waals surface area (Å²) in [5.41, 5.74) is 3.88. The second-order valence-electron chi connectivity index (χ2n) is 9.58. The van der Waals surface area contributed by atoms with Crippen molar-refractivity contribution < 1.29 is 4.74 Å². The van der Waals surface area contributed by atoms with Gasteiger partial charge in [-0.3, -0.25) is 4.90 Å². The summed E-state index contributed by atoms with van der Waals surface area (Å²) in [6, 6.07) is 18.1. The van der Waals surface area contributed by atoms with Gasteiger partial charge in [0.05, 0.1) is 18.7 Å². The largest absolute Gasteiger partial charge is 0.379 e. The number of fused-ring (bicyclic) bond motifs is 2. The summed E-state index contributed by atoms with van der Waals surface area (Å²) in [6.07, 6.45) is 6.03. The van der Waals surface area contributed by atoms with Gasteiger partial charge in [0.25, 0.3) is 0 Å². The zero-order valence-electron chi connectivity index (χ0n) is 19.2. The van der Waals surface area contributed by atoms with E-state index in [-0.39, 0.29) is 0 Å². The van der Waals surface area contributed by atoms with Gasteiger partial charge in [0, 0.05) is 43.6 Å². The maximum atomic E-state index is 5.61. The smallest absolute Gasteiger partial charge is 0.225 e. The van der Waals surface area contributed by atoms with Gasteiger partial charge in [-0.1, -0.05) is 49.2 Å². The molecule has 1 saturated heterocycles. The summed E-state index contributed by atoms with van der Waals surface area (Å²) in [5.74, 6) is 1.82. The van der Waals surface area contributed by atoms with Crippen LogP contribution in [0.2, 0.25) is 0 Å². The van der Waals surface area contributed by atoms with Gasteiger partial charge < -0.3 is 15.0 Å². The second kappa shape index (κ2) is 9.27. The first kappa shape index (κ1) is 20.9. The molecule has 0 radical (unpaired) electrons. The van der Waals surface area contributed by atoms with Crippen molar-refractivity contribution in [2.75, 3.05) is 43.1 Å². The van der Waals surface area contributed by atoms with Crippen molar-refractivity contribution in [3.63, 3.8) is 0 Å². The minimum Gasteiger partial charge on any atom is -0.379 e. The zero-order chi connectivity index (χ0) is 22.0. The van der Waals surface area contributed by atoms with Crippen LogP contribution >= 0.6 is 0 Å². The Kier molecular flexibility index (Phi) is 5.87. The molecule has 33 heavy (non-hydrogen) atoms. The predicted octanol–water partition coefficient (Wildman–Crippen LogP) is 4.25. The van der Waals surface area contributed by atoms with Crippen molar-refractivity contribution >= 4 is 22.7 Å². The van der Waals surface area contributed by atoms with Crippen LogP contribution in [0.3, 0.4) is 0 Å². The van der Waals surface area contributed by atoms with Gasteiger partial charge in [0.15, 0.2) is 0 Å². The summed E-state index contributed by atoms with van der Waals surface area (Å²) in [4.78, 5) is 15.1. The monoisotopic (exact) mass is 443 g/mol. The molecular formula is C27H33N5O. The number of aromatic nitrogens is 2. The molecule has 6 heteroatoms. The molecule has 3 heterocycles. The number of ether oxygens (including phenoxy) is 1. The van der Waals surface area contributed by atoms with Crippen LogP contribution in [0.1, 0.15) is 36.8 Å². The van der Waals surface area contributed by atoms with Crippen molar-refractivity contribution in [1.82, 2.24) is 14.9 Å². The number of nitrogens with zero attached hydrogens (tertiary/aromatic N) is 4. The Hall–Kier alpha value is -2.70. The third kappa shape index (κ3) is 4.30. The quantitative estimate of drug-likeness (QED) is 0.651. The fourth-order valence-corrected chi connectivity index (χ4v) is 5.83. The lowest BCUT2D eigenvalue weighted by atomic mass is 9.89. The van der Waals surface area contributed by atoms with Gasteiger partial charge in [-0.15, -0.1) is 0 Å². The lowest BCUT2D eigenvalue weighted by molar-refractivity contribution is 0.00554. The van der Waals surface area contributed by atoms with E-state index in [0.717, 1.165) is 68.5 Å². The average Bonchev–Trinajstić information content (AvgIpc) is 2.89. The molecule has 1 saturated carbocycles. The van der Waals surface area contributed by atoms with E-state index in [1.165, 1.54) is 36.8 Å². The molecule has 172 valence electrons. The standard InChI is InChI=1S/C27H33N5O/c1-2-8-21-19-32(14-13-20(21)7-1)26-22-9-3-4-10-23(22)28-27(30-26)29-24-11-5-6-12-25(24)31-15-17-33-18-16-31/h1-4,7-10,24-25H,5-6,11-19H2,(H,28,29,30)/t24-,25+/m0/s1. The molecule has 1 N–H and O–H groups in total. The Morgan fingerprint density at radius 1 is 0.848 bits per heavy atom. The summed E-state index contributed by atoms with van der Waals surface area (Å²) < 4.78 is 5.61. The molecule has 2 atom stereocenters. The normalized spacial score (nSPS) is 23.9. The molecule has 0 amide bonds. The summed E-state index contributed by atoms with van der Waals surface area (Å²) in [5, 5.41) is 4.92.